The molecule has 0 bridgehead atoms. The summed E-state index contributed by atoms with van der Waals surface area (Å²) < 4.78 is 26.3. The van der Waals surface area contributed by atoms with E-state index in [1.807, 2.05) is 0 Å². The minimum atomic E-state index is -3.37. The van der Waals surface area contributed by atoms with Crippen molar-refractivity contribution in [3.05, 3.63) is 18.0 Å². The molecule has 1 fully saturated rings. The summed E-state index contributed by atoms with van der Waals surface area (Å²) in [4.78, 5) is 5.42. The van der Waals surface area contributed by atoms with E-state index in [2.05, 4.69) is 16.8 Å². The highest BCUT2D eigenvalue weighted by Crippen LogP contribution is 2.19. The maximum absolute atomic E-state index is 12.4. The highest BCUT2D eigenvalue weighted by molar-refractivity contribution is 7.89. The van der Waals surface area contributed by atoms with Gasteiger partial charge in [0.2, 0.25) is 10.0 Å². The average molecular weight is 292 g/mol. The van der Waals surface area contributed by atoms with Gasteiger partial charge < -0.3 is 9.88 Å². The molecule has 0 radical (unpaired) electrons. The fourth-order valence-electron chi connectivity index (χ4n) is 2.08. The van der Waals surface area contributed by atoms with Gasteiger partial charge in [0.25, 0.3) is 0 Å². The molecule has 0 saturated carbocycles. The molecule has 7 heteroatoms. The zero-order valence-corrected chi connectivity index (χ0v) is 12.0. The Bertz CT molecular complexity index is 492. The molecule has 0 atom stereocenters. The van der Waals surface area contributed by atoms with Crippen LogP contribution in [0, 0.1) is 0 Å². The molecular formula is C11H18ClN3O2S. The number of sulfonamides is 1. The highest BCUT2D eigenvalue weighted by Gasteiger charge is 2.28. The second-order valence-electron chi connectivity index (χ2n) is 4.33. The SMILES string of the molecule is CCN1CCN(S(=O)(=O)c2c[nH]c(CCl)c2)CC1. The molecule has 102 valence electrons. The summed E-state index contributed by atoms with van der Waals surface area (Å²) in [5.41, 5.74) is 0.724. The van der Waals surface area contributed by atoms with Crippen molar-refractivity contribution in [1.82, 2.24) is 14.2 Å². The highest BCUT2D eigenvalue weighted by atomic mass is 35.5. The molecule has 1 aliphatic heterocycles. The minimum absolute atomic E-state index is 0.291. The Morgan fingerprint density at radius 2 is 2.00 bits per heavy atom. The maximum atomic E-state index is 12.4. The third kappa shape index (κ3) is 2.71. The molecule has 0 spiro atoms. The largest absolute Gasteiger partial charge is 0.363 e. The van der Waals surface area contributed by atoms with Gasteiger partial charge >= 0.3 is 0 Å². The van der Waals surface area contributed by atoms with Crippen LogP contribution in [0.5, 0.6) is 0 Å². The maximum Gasteiger partial charge on any atom is 0.244 e. The Labute approximate surface area is 113 Å². The zero-order chi connectivity index (χ0) is 13.2. The van der Waals surface area contributed by atoms with Crippen LogP contribution in [0.3, 0.4) is 0 Å². The molecule has 0 unspecified atom stereocenters. The molecule has 2 heterocycles. The van der Waals surface area contributed by atoms with Crippen molar-refractivity contribution in [3.63, 3.8) is 0 Å². The number of alkyl halides is 1. The molecule has 1 N–H and O–H groups in total. The molecule has 2 rings (SSSR count). The Morgan fingerprint density at radius 3 is 2.50 bits per heavy atom. The lowest BCUT2D eigenvalue weighted by Crippen LogP contribution is -2.48. The number of nitrogens with zero attached hydrogens (tertiary/aromatic N) is 2. The second kappa shape index (κ2) is 5.61. The van der Waals surface area contributed by atoms with E-state index in [0.29, 0.717) is 23.9 Å². The van der Waals surface area contributed by atoms with E-state index < -0.39 is 10.0 Å². The lowest BCUT2D eigenvalue weighted by atomic mass is 10.4. The summed E-state index contributed by atoms with van der Waals surface area (Å²) in [6.45, 7) is 5.75. The van der Waals surface area contributed by atoms with Crippen molar-refractivity contribution >= 4 is 21.6 Å². The topological polar surface area (TPSA) is 56.4 Å². The second-order valence-corrected chi connectivity index (χ2v) is 6.54. The number of hydrogen-bond acceptors (Lipinski definition) is 3. The van der Waals surface area contributed by atoms with Crippen molar-refractivity contribution in [2.45, 2.75) is 17.7 Å². The van der Waals surface area contributed by atoms with Crippen LogP contribution in [0.4, 0.5) is 0 Å². The van der Waals surface area contributed by atoms with Gasteiger partial charge in [-0.1, -0.05) is 6.92 Å². The molecule has 0 amide bonds. The number of rotatable bonds is 4. The number of nitrogens with one attached hydrogen (secondary N) is 1. The van der Waals surface area contributed by atoms with Crippen LogP contribution in [-0.2, 0) is 15.9 Å². The predicted octanol–water partition coefficient (Wildman–Crippen LogP) is 1.08. The van der Waals surface area contributed by atoms with Gasteiger partial charge in [0.15, 0.2) is 0 Å². The molecule has 0 aromatic carbocycles. The van der Waals surface area contributed by atoms with Gasteiger partial charge in [0.1, 0.15) is 0 Å². The summed E-state index contributed by atoms with van der Waals surface area (Å²) in [5, 5.41) is 0. The molecule has 1 aliphatic rings. The molecule has 1 aromatic heterocycles. The van der Waals surface area contributed by atoms with E-state index in [4.69, 9.17) is 11.6 Å². The summed E-state index contributed by atoms with van der Waals surface area (Å²) in [7, 11) is -3.37. The fraction of sp³-hybridized carbons (Fsp3) is 0.636. The number of aromatic amines is 1. The summed E-state index contributed by atoms with van der Waals surface area (Å²) >= 11 is 5.67. The quantitative estimate of drug-likeness (QED) is 0.845. The number of aromatic nitrogens is 1. The zero-order valence-electron chi connectivity index (χ0n) is 10.4. The van der Waals surface area contributed by atoms with Crippen molar-refractivity contribution in [2.24, 2.45) is 0 Å². The third-order valence-electron chi connectivity index (χ3n) is 3.28. The normalized spacial score (nSPS) is 19.2. The van der Waals surface area contributed by atoms with Gasteiger partial charge in [-0.25, -0.2) is 8.42 Å². The monoisotopic (exact) mass is 291 g/mol. The number of hydrogen-bond donors (Lipinski definition) is 1. The summed E-state index contributed by atoms with van der Waals surface area (Å²) in [5.74, 6) is 0.291. The van der Waals surface area contributed by atoms with Crippen LogP contribution in [0.1, 0.15) is 12.6 Å². The van der Waals surface area contributed by atoms with Crippen LogP contribution >= 0.6 is 11.6 Å². The Balaban J connectivity index is 2.12. The van der Waals surface area contributed by atoms with Crippen LogP contribution in [0.25, 0.3) is 0 Å². The first-order chi connectivity index (χ1) is 8.57. The van der Waals surface area contributed by atoms with Crippen LogP contribution in [-0.4, -0.2) is 55.3 Å². The van der Waals surface area contributed by atoms with E-state index in [0.717, 1.165) is 25.3 Å². The van der Waals surface area contributed by atoms with Crippen LogP contribution in [0.15, 0.2) is 17.2 Å². The first-order valence-electron chi connectivity index (χ1n) is 6.03. The number of halogens is 1. The molecule has 5 nitrogen and oxygen atoms in total. The number of piperazine rings is 1. The van der Waals surface area contributed by atoms with Gasteiger partial charge in [-0.3, -0.25) is 0 Å². The van der Waals surface area contributed by atoms with Crippen molar-refractivity contribution < 1.29 is 8.42 Å². The lowest BCUT2D eigenvalue weighted by Gasteiger charge is -2.32. The van der Waals surface area contributed by atoms with E-state index in [-0.39, 0.29) is 0 Å². The third-order valence-corrected chi connectivity index (χ3v) is 5.44. The standard InChI is InChI=1S/C11H18ClN3O2S/c1-2-14-3-5-15(6-4-14)18(16,17)11-7-10(8-12)13-9-11/h7,9,13H,2-6,8H2,1H3. The fourth-order valence-corrected chi connectivity index (χ4v) is 3.68. The Morgan fingerprint density at radius 1 is 1.33 bits per heavy atom. The summed E-state index contributed by atoms with van der Waals surface area (Å²) in [6, 6.07) is 1.61. The van der Waals surface area contributed by atoms with E-state index in [9.17, 15) is 8.42 Å². The Kier molecular flexibility index (Phi) is 4.32. The summed E-state index contributed by atoms with van der Waals surface area (Å²) in [6.07, 6.45) is 1.51. The molecule has 1 saturated heterocycles. The number of likely N-dealkylation sites (N-methyl/N-ethyl adjacent to an activating group) is 1. The Hall–Kier alpha value is -0.560. The van der Waals surface area contributed by atoms with Crippen molar-refractivity contribution in [2.75, 3.05) is 32.7 Å². The average Bonchev–Trinajstić information content (AvgIpc) is 2.88. The van der Waals surface area contributed by atoms with Gasteiger partial charge in [-0.2, -0.15) is 4.31 Å². The van der Waals surface area contributed by atoms with Crippen LogP contribution < -0.4 is 0 Å². The smallest absolute Gasteiger partial charge is 0.244 e. The van der Waals surface area contributed by atoms with Gasteiger partial charge in [0.05, 0.1) is 10.8 Å². The van der Waals surface area contributed by atoms with Gasteiger partial charge in [-0.05, 0) is 12.6 Å². The predicted molar refractivity (Wildman–Crippen MR) is 71.2 cm³/mol. The minimum Gasteiger partial charge on any atom is -0.363 e. The lowest BCUT2D eigenvalue weighted by molar-refractivity contribution is 0.196. The van der Waals surface area contributed by atoms with Gasteiger partial charge in [-0.15, -0.1) is 11.6 Å². The van der Waals surface area contributed by atoms with Gasteiger partial charge in [0, 0.05) is 38.1 Å². The molecule has 0 aliphatic carbocycles. The first kappa shape index (κ1) is 13.9. The van der Waals surface area contributed by atoms with E-state index in [1.54, 1.807) is 10.4 Å². The van der Waals surface area contributed by atoms with E-state index in [1.165, 1.54) is 6.20 Å². The number of H-pyrrole nitrogens is 1. The molecular weight excluding hydrogens is 274 g/mol. The van der Waals surface area contributed by atoms with Crippen molar-refractivity contribution in [3.8, 4) is 0 Å². The molecule has 1 aromatic rings. The van der Waals surface area contributed by atoms with Crippen molar-refractivity contribution in [1.29, 1.82) is 0 Å². The van der Waals surface area contributed by atoms with Crippen LogP contribution in [0.2, 0.25) is 0 Å². The molecule has 18 heavy (non-hydrogen) atoms. The van der Waals surface area contributed by atoms with E-state index >= 15 is 0 Å². The first-order valence-corrected chi connectivity index (χ1v) is 8.01.